The van der Waals surface area contributed by atoms with E-state index in [0.717, 1.165) is 6.42 Å². The maximum absolute atomic E-state index is 12.2. The Morgan fingerprint density at radius 1 is 1.45 bits per heavy atom. The van der Waals surface area contributed by atoms with Gasteiger partial charge >= 0.3 is 5.97 Å². The summed E-state index contributed by atoms with van der Waals surface area (Å²) in [5.41, 5.74) is 1.39. The summed E-state index contributed by atoms with van der Waals surface area (Å²) in [6.45, 7) is 3.89. The molecule has 0 unspecified atom stereocenters. The minimum atomic E-state index is -1.02. The summed E-state index contributed by atoms with van der Waals surface area (Å²) in [6.07, 6.45) is 0.880. The third kappa shape index (κ3) is 2.78. The zero-order valence-corrected chi connectivity index (χ0v) is 13.2. The van der Waals surface area contributed by atoms with Crippen LogP contribution in [0.2, 0.25) is 0 Å². The Morgan fingerprint density at radius 2 is 2.23 bits per heavy atom. The fourth-order valence-corrected chi connectivity index (χ4v) is 3.80. The minimum Gasteiger partial charge on any atom is -0.478 e. The van der Waals surface area contributed by atoms with Crippen LogP contribution in [0.1, 0.15) is 44.7 Å². The molecule has 1 fully saturated rings. The first-order chi connectivity index (χ1) is 10.5. The van der Waals surface area contributed by atoms with Crippen LogP contribution in [0.3, 0.4) is 0 Å². The third-order valence-corrected chi connectivity index (χ3v) is 5.15. The van der Waals surface area contributed by atoms with Crippen molar-refractivity contribution >= 4 is 23.2 Å². The van der Waals surface area contributed by atoms with Crippen LogP contribution in [0, 0.1) is 19.8 Å². The Labute approximate surface area is 132 Å². The second kappa shape index (κ2) is 5.61. The molecule has 3 rings (SSSR count). The molecule has 2 aromatic heterocycles. The van der Waals surface area contributed by atoms with E-state index in [2.05, 4.69) is 23.7 Å². The number of rotatable bonds is 5. The second-order valence-corrected chi connectivity index (χ2v) is 6.57. The van der Waals surface area contributed by atoms with E-state index in [1.807, 2.05) is 0 Å². The third-order valence-electron chi connectivity index (χ3n) is 4.00. The van der Waals surface area contributed by atoms with Crippen molar-refractivity contribution in [1.29, 1.82) is 0 Å². The molecule has 6 heteroatoms. The second-order valence-electron chi connectivity index (χ2n) is 5.62. The van der Waals surface area contributed by atoms with Gasteiger partial charge in [0.15, 0.2) is 0 Å². The fourth-order valence-electron chi connectivity index (χ4n) is 2.69. The number of carbonyl (C=O) groups is 2. The number of hydrogen-bond acceptors (Lipinski definition) is 4. The molecule has 2 N–H and O–H groups in total. The van der Waals surface area contributed by atoms with Crippen LogP contribution in [-0.2, 0) is 11.3 Å². The maximum Gasteiger partial charge on any atom is 0.339 e. The lowest BCUT2D eigenvalue weighted by atomic mass is 10.2. The van der Waals surface area contributed by atoms with E-state index >= 15 is 0 Å². The SMILES string of the molecule is Cc1ccsc1[C@@H]1C[C@H]1C(=O)NCc1cc(C(=O)O)c(C)o1. The number of nitrogens with one attached hydrogen (secondary N) is 1. The molecule has 1 amide bonds. The highest BCUT2D eigenvalue weighted by Crippen LogP contribution is 2.50. The predicted octanol–water partition coefficient (Wildman–Crippen LogP) is 3.08. The molecule has 22 heavy (non-hydrogen) atoms. The van der Waals surface area contributed by atoms with E-state index in [1.54, 1.807) is 18.3 Å². The number of hydrogen-bond donors (Lipinski definition) is 2. The quantitative estimate of drug-likeness (QED) is 0.887. The van der Waals surface area contributed by atoms with Crippen molar-refractivity contribution in [1.82, 2.24) is 5.32 Å². The van der Waals surface area contributed by atoms with Gasteiger partial charge in [0.05, 0.1) is 6.54 Å². The van der Waals surface area contributed by atoms with Crippen LogP contribution in [0.15, 0.2) is 21.9 Å². The van der Waals surface area contributed by atoms with Crippen LogP contribution in [0.4, 0.5) is 0 Å². The number of carbonyl (C=O) groups excluding carboxylic acids is 1. The first-order valence-electron chi connectivity index (χ1n) is 7.11. The number of aryl methyl sites for hydroxylation is 2. The van der Waals surface area contributed by atoms with Gasteiger partial charge in [-0.3, -0.25) is 4.79 Å². The average molecular weight is 319 g/mol. The lowest BCUT2D eigenvalue weighted by Crippen LogP contribution is -2.24. The zero-order valence-electron chi connectivity index (χ0n) is 12.4. The normalized spacial score (nSPS) is 19.9. The predicted molar refractivity (Wildman–Crippen MR) is 82.2 cm³/mol. The van der Waals surface area contributed by atoms with Crippen molar-refractivity contribution in [2.24, 2.45) is 5.92 Å². The molecule has 2 atom stereocenters. The number of furan rings is 1. The molecule has 0 aromatic carbocycles. The summed E-state index contributed by atoms with van der Waals surface area (Å²) >= 11 is 1.70. The van der Waals surface area contributed by atoms with Gasteiger partial charge in [0.2, 0.25) is 5.91 Å². The zero-order chi connectivity index (χ0) is 15.9. The highest BCUT2D eigenvalue weighted by molar-refractivity contribution is 7.10. The standard InChI is InChI=1S/C16H17NO4S/c1-8-3-4-22-14(8)12-6-13(12)15(18)17-7-10-5-11(16(19)20)9(2)21-10/h3-5,12-13H,6-7H2,1-2H3,(H,17,18)(H,19,20)/t12-,13-/m1/s1. The van der Waals surface area contributed by atoms with E-state index in [9.17, 15) is 9.59 Å². The number of aromatic carboxylic acids is 1. The Hall–Kier alpha value is -2.08. The molecule has 0 spiro atoms. The molecule has 1 aliphatic rings. The van der Waals surface area contributed by atoms with Crippen LogP contribution in [0.25, 0.3) is 0 Å². The van der Waals surface area contributed by atoms with Gasteiger partial charge in [0.1, 0.15) is 17.1 Å². The van der Waals surface area contributed by atoms with Crippen LogP contribution < -0.4 is 5.32 Å². The monoisotopic (exact) mass is 319 g/mol. The number of carboxylic acids is 1. The Kier molecular flexibility index (Phi) is 3.78. The average Bonchev–Trinajstić information content (AvgIpc) is 2.99. The number of thiophene rings is 1. The van der Waals surface area contributed by atoms with Crippen molar-refractivity contribution in [3.8, 4) is 0 Å². The van der Waals surface area contributed by atoms with Gasteiger partial charge in [-0.15, -0.1) is 11.3 Å². The highest BCUT2D eigenvalue weighted by Gasteiger charge is 2.45. The minimum absolute atomic E-state index is 0.00345. The summed E-state index contributed by atoms with van der Waals surface area (Å²) in [5.74, 6) is 0.154. The summed E-state index contributed by atoms with van der Waals surface area (Å²) < 4.78 is 5.35. The molecule has 0 aliphatic heterocycles. The Morgan fingerprint density at radius 3 is 2.82 bits per heavy atom. The summed E-state index contributed by atoms with van der Waals surface area (Å²) in [4.78, 5) is 24.4. The van der Waals surface area contributed by atoms with Gasteiger partial charge in [0, 0.05) is 16.7 Å². The van der Waals surface area contributed by atoms with Crippen LogP contribution in [0.5, 0.6) is 0 Å². The molecular weight excluding hydrogens is 302 g/mol. The molecule has 1 aliphatic carbocycles. The van der Waals surface area contributed by atoms with Gasteiger partial charge in [-0.05, 0) is 43.3 Å². The van der Waals surface area contributed by atoms with Crippen molar-refractivity contribution in [3.63, 3.8) is 0 Å². The fraction of sp³-hybridized carbons (Fsp3) is 0.375. The van der Waals surface area contributed by atoms with Gasteiger partial charge in [0.25, 0.3) is 0 Å². The van der Waals surface area contributed by atoms with Gasteiger partial charge < -0.3 is 14.8 Å². The largest absolute Gasteiger partial charge is 0.478 e. The Balaban J connectivity index is 1.57. The van der Waals surface area contributed by atoms with Crippen molar-refractivity contribution in [3.05, 3.63) is 45.0 Å². The van der Waals surface area contributed by atoms with E-state index in [0.29, 0.717) is 17.4 Å². The molecule has 116 valence electrons. The highest BCUT2D eigenvalue weighted by atomic mass is 32.1. The molecule has 2 aromatic rings. The first kappa shape index (κ1) is 14.8. The van der Waals surface area contributed by atoms with Gasteiger partial charge in [-0.1, -0.05) is 0 Å². The molecule has 1 saturated carbocycles. The van der Waals surface area contributed by atoms with E-state index < -0.39 is 5.97 Å². The van der Waals surface area contributed by atoms with E-state index in [1.165, 1.54) is 16.5 Å². The first-order valence-corrected chi connectivity index (χ1v) is 7.99. The Bertz CT molecular complexity index is 730. The molecule has 5 nitrogen and oxygen atoms in total. The summed E-state index contributed by atoms with van der Waals surface area (Å²) in [6, 6.07) is 3.54. The van der Waals surface area contributed by atoms with Crippen molar-refractivity contribution in [2.45, 2.75) is 32.7 Å². The summed E-state index contributed by atoms with van der Waals surface area (Å²) in [5, 5.41) is 13.9. The van der Waals surface area contributed by atoms with Crippen molar-refractivity contribution < 1.29 is 19.1 Å². The number of carboxylic acid groups (broad SMARTS) is 1. The molecular formula is C16H17NO4S. The number of amides is 1. The lowest BCUT2D eigenvalue weighted by molar-refractivity contribution is -0.122. The van der Waals surface area contributed by atoms with Gasteiger partial charge in [-0.2, -0.15) is 0 Å². The maximum atomic E-state index is 12.2. The van der Waals surface area contributed by atoms with Crippen molar-refractivity contribution in [2.75, 3.05) is 0 Å². The molecule has 2 heterocycles. The lowest BCUT2D eigenvalue weighted by Gasteiger charge is -2.02. The molecule has 0 bridgehead atoms. The van der Waals surface area contributed by atoms with E-state index in [-0.39, 0.29) is 23.9 Å². The topological polar surface area (TPSA) is 79.5 Å². The van der Waals surface area contributed by atoms with Gasteiger partial charge in [-0.25, -0.2) is 4.79 Å². The molecule has 0 radical (unpaired) electrons. The summed E-state index contributed by atoms with van der Waals surface area (Å²) in [7, 11) is 0. The molecule has 0 saturated heterocycles. The smallest absolute Gasteiger partial charge is 0.339 e. The van der Waals surface area contributed by atoms with E-state index in [4.69, 9.17) is 9.52 Å². The van der Waals surface area contributed by atoms with Crippen LogP contribution >= 0.6 is 11.3 Å². The van der Waals surface area contributed by atoms with Crippen LogP contribution in [-0.4, -0.2) is 17.0 Å².